The summed E-state index contributed by atoms with van der Waals surface area (Å²) in [4.78, 5) is 0. The van der Waals surface area contributed by atoms with Gasteiger partial charge in [-0.25, -0.2) is 0 Å². The van der Waals surface area contributed by atoms with Crippen LogP contribution in [0.25, 0.3) is 0 Å². The smallest absolute Gasteiger partial charge is 0.0225 e. The second-order valence-electron chi connectivity index (χ2n) is 3.50. The molecule has 1 atom stereocenters. The van der Waals surface area contributed by atoms with E-state index < -0.39 is 0 Å². The zero-order valence-electron chi connectivity index (χ0n) is 7.90. The van der Waals surface area contributed by atoms with E-state index in [-0.39, 0.29) is 0 Å². The fraction of sp³-hybridized carbons (Fsp3) is 0.231. The van der Waals surface area contributed by atoms with E-state index in [0.717, 1.165) is 6.42 Å². The summed E-state index contributed by atoms with van der Waals surface area (Å²) in [7, 11) is 0. The molecule has 0 radical (unpaired) electrons. The molecule has 0 heteroatoms. The molecule has 0 bridgehead atoms. The second kappa shape index (κ2) is 3.61. The Hall–Kier alpha value is -1.30. The van der Waals surface area contributed by atoms with Gasteiger partial charge in [-0.3, -0.25) is 0 Å². The molecule has 66 valence electrons. The van der Waals surface area contributed by atoms with Crippen molar-refractivity contribution >= 4 is 0 Å². The molecular weight excluding hydrogens is 156 g/mol. The highest BCUT2D eigenvalue weighted by Crippen LogP contribution is 2.28. The third kappa shape index (κ3) is 1.72. The van der Waals surface area contributed by atoms with Crippen LogP contribution >= 0.6 is 0 Å². The van der Waals surface area contributed by atoms with E-state index in [1.54, 1.807) is 0 Å². The van der Waals surface area contributed by atoms with Crippen LogP contribution in [-0.4, -0.2) is 0 Å². The molecule has 1 unspecified atom stereocenters. The molecule has 0 saturated heterocycles. The third-order valence-corrected chi connectivity index (χ3v) is 2.55. The van der Waals surface area contributed by atoms with Crippen LogP contribution in [0.1, 0.15) is 24.8 Å². The standard InChI is InChI=1S/C13H14/c1-11-7-5-6-10-13(11)12-8-3-2-4-9-12/h2-4,6-10,13H,5H2,1H3. The molecule has 0 aliphatic heterocycles. The largest absolute Gasteiger partial charge is 0.0838 e. The number of benzene rings is 1. The highest BCUT2D eigenvalue weighted by atomic mass is 14.1. The van der Waals surface area contributed by atoms with Crippen molar-refractivity contribution in [2.24, 2.45) is 0 Å². The molecule has 0 saturated carbocycles. The van der Waals surface area contributed by atoms with Crippen molar-refractivity contribution in [3.05, 3.63) is 59.7 Å². The van der Waals surface area contributed by atoms with Crippen LogP contribution in [0.4, 0.5) is 0 Å². The lowest BCUT2D eigenvalue weighted by Gasteiger charge is -2.17. The van der Waals surface area contributed by atoms with Crippen molar-refractivity contribution in [2.45, 2.75) is 19.3 Å². The minimum absolute atomic E-state index is 0.509. The Morgan fingerprint density at radius 2 is 1.92 bits per heavy atom. The van der Waals surface area contributed by atoms with Crippen molar-refractivity contribution in [2.75, 3.05) is 0 Å². The molecule has 1 aromatic rings. The fourth-order valence-corrected chi connectivity index (χ4v) is 1.78. The highest BCUT2D eigenvalue weighted by molar-refractivity contribution is 5.35. The molecule has 1 aromatic carbocycles. The first-order valence-corrected chi connectivity index (χ1v) is 4.76. The second-order valence-corrected chi connectivity index (χ2v) is 3.50. The first-order valence-electron chi connectivity index (χ1n) is 4.76. The minimum atomic E-state index is 0.509. The van der Waals surface area contributed by atoms with Gasteiger partial charge in [-0.1, -0.05) is 54.1 Å². The van der Waals surface area contributed by atoms with E-state index in [0.29, 0.717) is 5.92 Å². The fourth-order valence-electron chi connectivity index (χ4n) is 1.78. The Morgan fingerprint density at radius 1 is 1.15 bits per heavy atom. The summed E-state index contributed by atoms with van der Waals surface area (Å²) in [6.45, 7) is 2.21. The number of hydrogen-bond acceptors (Lipinski definition) is 0. The Balaban J connectivity index is 2.31. The van der Waals surface area contributed by atoms with Crippen LogP contribution in [0, 0.1) is 0 Å². The average molecular weight is 170 g/mol. The molecule has 0 fully saturated rings. The van der Waals surface area contributed by atoms with Crippen LogP contribution in [0.15, 0.2) is 54.1 Å². The first-order chi connectivity index (χ1) is 6.38. The highest BCUT2D eigenvalue weighted by Gasteiger charge is 2.10. The number of allylic oxidation sites excluding steroid dienone is 4. The van der Waals surface area contributed by atoms with Crippen LogP contribution in [0.3, 0.4) is 0 Å². The molecule has 0 N–H and O–H groups in total. The van der Waals surface area contributed by atoms with Crippen molar-refractivity contribution in [1.82, 2.24) is 0 Å². The average Bonchev–Trinajstić information content (AvgIpc) is 2.20. The Kier molecular flexibility index (Phi) is 2.31. The molecule has 2 rings (SSSR count). The molecule has 0 aromatic heterocycles. The van der Waals surface area contributed by atoms with Crippen LogP contribution in [-0.2, 0) is 0 Å². The van der Waals surface area contributed by atoms with E-state index >= 15 is 0 Å². The predicted octanol–water partition coefficient (Wildman–Crippen LogP) is 3.68. The molecule has 0 amide bonds. The molecule has 0 heterocycles. The van der Waals surface area contributed by atoms with Gasteiger partial charge in [-0.2, -0.15) is 0 Å². The van der Waals surface area contributed by atoms with Gasteiger partial charge in [0.05, 0.1) is 0 Å². The summed E-state index contributed by atoms with van der Waals surface area (Å²) in [5.74, 6) is 0.509. The van der Waals surface area contributed by atoms with E-state index in [4.69, 9.17) is 0 Å². The maximum atomic E-state index is 2.30. The van der Waals surface area contributed by atoms with Crippen LogP contribution in [0.5, 0.6) is 0 Å². The molecule has 0 spiro atoms. The third-order valence-electron chi connectivity index (χ3n) is 2.55. The van der Waals surface area contributed by atoms with Gasteiger partial charge in [0.15, 0.2) is 0 Å². The molecule has 13 heavy (non-hydrogen) atoms. The van der Waals surface area contributed by atoms with Crippen molar-refractivity contribution in [3.8, 4) is 0 Å². The predicted molar refractivity (Wildman–Crippen MR) is 56.7 cm³/mol. The Morgan fingerprint density at radius 3 is 2.62 bits per heavy atom. The quantitative estimate of drug-likeness (QED) is 0.564. The minimum Gasteiger partial charge on any atom is -0.0838 e. The molecule has 1 aliphatic carbocycles. The molecule has 0 nitrogen and oxygen atoms in total. The monoisotopic (exact) mass is 170 g/mol. The van der Waals surface area contributed by atoms with Gasteiger partial charge in [-0.05, 0) is 18.9 Å². The molecule has 1 aliphatic rings. The summed E-state index contributed by atoms with van der Waals surface area (Å²) >= 11 is 0. The van der Waals surface area contributed by atoms with Gasteiger partial charge >= 0.3 is 0 Å². The van der Waals surface area contributed by atoms with Gasteiger partial charge in [-0.15, -0.1) is 0 Å². The SMILES string of the molecule is CC1=CCC=CC1c1ccccc1. The summed E-state index contributed by atoms with van der Waals surface area (Å²) in [6, 6.07) is 10.7. The Labute approximate surface area is 79.6 Å². The zero-order valence-corrected chi connectivity index (χ0v) is 7.90. The van der Waals surface area contributed by atoms with Gasteiger partial charge in [0.2, 0.25) is 0 Å². The summed E-state index contributed by atoms with van der Waals surface area (Å²) in [6.07, 6.45) is 7.93. The summed E-state index contributed by atoms with van der Waals surface area (Å²) in [5, 5.41) is 0. The first kappa shape index (κ1) is 8.31. The number of rotatable bonds is 1. The van der Waals surface area contributed by atoms with E-state index in [1.165, 1.54) is 11.1 Å². The van der Waals surface area contributed by atoms with E-state index in [2.05, 4.69) is 55.5 Å². The van der Waals surface area contributed by atoms with Gasteiger partial charge in [0.1, 0.15) is 0 Å². The van der Waals surface area contributed by atoms with Gasteiger partial charge in [0.25, 0.3) is 0 Å². The Bertz CT molecular complexity index is 330. The maximum Gasteiger partial charge on any atom is 0.0225 e. The van der Waals surface area contributed by atoms with Crippen LogP contribution in [0.2, 0.25) is 0 Å². The van der Waals surface area contributed by atoms with Crippen LogP contribution < -0.4 is 0 Å². The lowest BCUT2D eigenvalue weighted by molar-refractivity contribution is 0.949. The summed E-state index contributed by atoms with van der Waals surface area (Å²) in [5.41, 5.74) is 2.86. The maximum absolute atomic E-state index is 2.30. The zero-order chi connectivity index (χ0) is 9.10. The van der Waals surface area contributed by atoms with Crippen molar-refractivity contribution in [1.29, 1.82) is 0 Å². The van der Waals surface area contributed by atoms with E-state index in [9.17, 15) is 0 Å². The lowest BCUT2D eigenvalue weighted by atomic mass is 9.88. The molecular formula is C13H14. The van der Waals surface area contributed by atoms with Crippen molar-refractivity contribution < 1.29 is 0 Å². The van der Waals surface area contributed by atoms with Gasteiger partial charge < -0.3 is 0 Å². The van der Waals surface area contributed by atoms with Crippen molar-refractivity contribution in [3.63, 3.8) is 0 Å². The topological polar surface area (TPSA) is 0 Å². The number of hydrogen-bond donors (Lipinski definition) is 0. The van der Waals surface area contributed by atoms with E-state index in [1.807, 2.05) is 0 Å². The summed E-state index contributed by atoms with van der Waals surface area (Å²) < 4.78 is 0. The lowest BCUT2D eigenvalue weighted by Crippen LogP contribution is -1.99. The normalized spacial score (nSPS) is 21.3. The van der Waals surface area contributed by atoms with Gasteiger partial charge in [0, 0.05) is 5.92 Å².